The van der Waals surface area contributed by atoms with E-state index in [1.807, 2.05) is 24.3 Å². The summed E-state index contributed by atoms with van der Waals surface area (Å²) in [5.41, 5.74) is 1.97. The molecule has 1 amide bonds. The molecule has 4 aromatic rings. The van der Waals surface area contributed by atoms with Crippen molar-refractivity contribution in [2.45, 2.75) is 30.0 Å². The molecule has 0 saturated carbocycles. The third-order valence-electron chi connectivity index (χ3n) is 5.91. The monoisotopic (exact) mass is 584 g/mol. The number of Topliss-reactive ketones (excluding diaryl/α,β-unsaturated/α-hetero) is 1. The number of ether oxygens (including phenoxy) is 1. The van der Waals surface area contributed by atoms with E-state index < -0.39 is 23.5 Å². The average Bonchev–Trinajstić information content (AvgIpc) is 3.59. The Hall–Kier alpha value is -3.25. The number of aliphatic hydroxyl groups is 1. The fourth-order valence-electron chi connectivity index (χ4n) is 4.20. The molecule has 38 heavy (non-hydrogen) atoms. The number of aliphatic hydroxyl groups excluding tert-OH is 1. The van der Waals surface area contributed by atoms with Crippen LogP contribution in [0.15, 0.2) is 64.2 Å². The first kappa shape index (κ1) is 26.4. The molecule has 1 N–H and O–H groups in total. The topological polar surface area (TPSA) is 106 Å². The fraction of sp³-hybridized carbons (Fsp3) is 0.192. The van der Waals surface area contributed by atoms with Gasteiger partial charge in [-0.05, 0) is 31.5 Å². The lowest BCUT2D eigenvalue weighted by molar-refractivity contribution is -0.117. The highest BCUT2D eigenvalue weighted by Crippen LogP contribution is 2.46. The number of nitrogens with zero attached hydrogens (tertiary/aromatic N) is 4. The molecular weight excluding hydrogens is 564 g/mol. The van der Waals surface area contributed by atoms with Gasteiger partial charge in [0.05, 0.1) is 28.3 Å². The van der Waals surface area contributed by atoms with Gasteiger partial charge in [0.2, 0.25) is 10.9 Å². The van der Waals surface area contributed by atoms with Crippen LogP contribution in [0.5, 0.6) is 5.75 Å². The summed E-state index contributed by atoms with van der Waals surface area (Å²) >= 11 is 10.1. The molecule has 2 aromatic heterocycles. The molecule has 5 rings (SSSR count). The molecular formula is C26H21ClN4O4S3. The van der Waals surface area contributed by atoms with Crippen LogP contribution in [0, 0.1) is 13.8 Å². The Morgan fingerprint density at radius 1 is 1.13 bits per heavy atom. The van der Waals surface area contributed by atoms with Gasteiger partial charge in [0.25, 0.3) is 5.91 Å². The maximum atomic E-state index is 13.8. The Morgan fingerprint density at radius 3 is 2.58 bits per heavy atom. The van der Waals surface area contributed by atoms with E-state index in [9.17, 15) is 14.7 Å². The number of hydrogen-bond acceptors (Lipinski definition) is 10. The van der Waals surface area contributed by atoms with Crippen molar-refractivity contribution in [2.24, 2.45) is 0 Å². The molecule has 1 aliphatic rings. The number of thiazole rings is 1. The predicted octanol–water partition coefficient (Wildman–Crippen LogP) is 6.35. The van der Waals surface area contributed by atoms with Crippen molar-refractivity contribution in [3.8, 4) is 5.75 Å². The highest BCUT2D eigenvalue weighted by Gasteiger charge is 2.47. The number of aromatic nitrogens is 3. The van der Waals surface area contributed by atoms with E-state index in [4.69, 9.17) is 16.3 Å². The maximum absolute atomic E-state index is 13.8. The Bertz CT molecular complexity index is 1580. The summed E-state index contributed by atoms with van der Waals surface area (Å²) in [5, 5.41) is 21.2. The SMILES string of the molecule is COc1ccccc1C1C(C(=O)c2sc(C)nc2C)=C(O)C(=O)N1c1nnc(SCc2ccccc2Cl)s1. The summed E-state index contributed by atoms with van der Waals surface area (Å²) in [5.74, 6) is -0.797. The van der Waals surface area contributed by atoms with Crippen LogP contribution in [-0.4, -0.2) is 39.1 Å². The lowest BCUT2D eigenvalue weighted by Crippen LogP contribution is -2.31. The van der Waals surface area contributed by atoms with Crippen molar-refractivity contribution >= 4 is 62.9 Å². The molecule has 12 heteroatoms. The largest absolute Gasteiger partial charge is 0.503 e. The third kappa shape index (κ3) is 4.82. The van der Waals surface area contributed by atoms with E-state index in [1.54, 1.807) is 38.1 Å². The first-order valence-electron chi connectivity index (χ1n) is 11.4. The van der Waals surface area contributed by atoms with Gasteiger partial charge in [-0.15, -0.1) is 21.5 Å². The van der Waals surface area contributed by atoms with Crippen LogP contribution in [0.2, 0.25) is 5.02 Å². The van der Waals surface area contributed by atoms with Gasteiger partial charge in [0.1, 0.15) is 11.8 Å². The second-order valence-corrected chi connectivity index (χ2v) is 12.1. The quantitative estimate of drug-likeness (QED) is 0.145. The standard InChI is InChI=1S/C26H21ClN4O4S3/c1-13-23(37-14(2)28-13)21(32)19-20(16-9-5-7-11-18(16)35-3)31(24(34)22(19)33)25-29-30-26(38-25)36-12-15-8-4-6-10-17(15)27/h4-11,20,33H,12H2,1-3H3. The number of carbonyl (C=O) groups excluding carboxylic acids is 2. The van der Waals surface area contributed by atoms with Crippen LogP contribution in [0.3, 0.4) is 0 Å². The van der Waals surface area contributed by atoms with E-state index in [-0.39, 0.29) is 10.7 Å². The highest BCUT2D eigenvalue weighted by atomic mass is 35.5. The first-order valence-corrected chi connectivity index (χ1v) is 14.4. The van der Waals surface area contributed by atoms with Crippen molar-refractivity contribution in [1.29, 1.82) is 0 Å². The molecule has 0 aliphatic carbocycles. The molecule has 0 radical (unpaired) electrons. The molecule has 2 aromatic carbocycles. The summed E-state index contributed by atoms with van der Waals surface area (Å²) < 4.78 is 6.18. The number of ketones is 1. The zero-order valence-electron chi connectivity index (χ0n) is 20.5. The van der Waals surface area contributed by atoms with Gasteiger partial charge in [0.15, 0.2) is 10.1 Å². The van der Waals surface area contributed by atoms with Gasteiger partial charge >= 0.3 is 0 Å². The summed E-state index contributed by atoms with van der Waals surface area (Å²) in [6, 6.07) is 13.6. The Morgan fingerprint density at radius 2 is 1.87 bits per heavy atom. The minimum atomic E-state index is -0.970. The number of rotatable bonds is 8. The number of hydrogen-bond donors (Lipinski definition) is 1. The van der Waals surface area contributed by atoms with Crippen molar-refractivity contribution in [3.05, 3.63) is 91.6 Å². The minimum absolute atomic E-state index is 0.0493. The minimum Gasteiger partial charge on any atom is -0.503 e. The molecule has 194 valence electrons. The van der Waals surface area contributed by atoms with Crippen molar-refractivity contribution < 1.29 is 19.4 Å². The second-order valence-electron chi connectivity index (χ2n) is 8.29. The molecule has 0 bridgehead atoms. The van der Waals surface area contributed by atoms with Gasteiger partial charge in [-0.3, -0.25) is 14.5 Å². The molecule has 3 heterocycles. The zero-order valence-corrected chi connectivity index (χ0v) is 23.7. The van der Waals surface area contributed by atoms with E-state index in [0.717, 1.165) is 5.56 Å². The Kier molecular flexibility index (Phi) is 7.53. The van der Waals surface area contributed by atoms with Gasteiger partial charge < -0.3 is 9.84 Å². The number of aryl methyl sites for hydroxylation is 2. The van der Waals surface area contributed by atoms with Crippen LogP contribution < -0.4 is 9.64 Å². The molecule has 1 aliphatic heterocycles. The van der Waals surface area contributed by atoms with E-state index in [2.05, 4.69) is 15.2 Å². The highest BCUT2D eigenvalue weighted by molar-refractivity contribution is 8.00. The first-order chi connectivity index (χ1) is 18.3. The van der Waals surface area contributed by atoms with Crippen LogP contribution in [0.25, 0.3) is 0 Å². The number of carbonyl (C=O) groups is 2. The van der Waals surface area contributed by atoms with Crippen LogP contribution in [0.1, 0.15) is 37.5 Å². The van der Waals surface area contributed by atoms with Gasteiger partial charge in [-0.1, -0.05) is 71.1 Å². The smallest absolute Gasteiger partial charge is 0.296 e. The van der Waals surface area contributed by atoms with Gasteiger partial charge in [0, 0.05) is 16.3 Å². The second kappa shape index (κ2) is 10.9. The molecule has 1 atom stereocenters. The molecule has 0 fully saturated rings. The predicted molar refractivity (Wildman–Crippen MR) is 150 cm³/mol. The average molecular weight is 585 g/mol. The van der Waals surface area contributed by atoms with Crippen LogP contribution in [0.4, 0.5) is 5.13 Å². The van der Waals surface area contributed by atoms with E-state index >= 15 is 0 Å². The van der Waals surface area contributed by atoms with E-state index in [1.165, 1.54) is 46.4 Å². The Labute approximate surface area is 236 Å². The number of halogens is 1. The number of para-hydroxylation sites is 1. The number of anilines is 1. The number of thioether (sulfide) groups is 1. The summed E-state index contributed by atoms with van der Waals surface area (Å²) in [6.07, 6.45) is 0. The zero-order chi connectivity index (χ0) is 27.0. The lowest BCUT2D eigenvalue weighted by Gasteiger charge is -2.25. The van der Waals surface area contributed by atoms with Crippen molar-refractivity contribution in [3.63, 3.8) is 0 Å². The third-order valence-corrected chi connectivity index (χ3v) is 9.45. The van der Waals surface area contributed by atoms with Gasteiger partial charge in [-0.2, -0.15) is 0 Å². The molecule has 0 spiro atoms. The number of amides is 1. The number of methoxy groups -OCH3 is 1. The summed E-state index contributed by atoms with van der Waals surface area (Å²) in [4.78, 5) is 33.3. The van der Waals surface area contributed by atoms with Crippen LogP contribution >= 0.6 is 46.0 Å². The van der Waals surface area contributed by atoms with Crippen molar-refractivity contribution in [2.75, 3.05) is 12.0 Å². The number of benzene rings is 2. The normalized spacial score (nSPS) is 15.4. The molecule has 8 nitrogen and oxygen atoms in total. The lowest BCUT2D eigenvalue weighted by atomic mass is 9.94. The molecule has 1 unspecified atom stereocenters. The fourth-order valence-corrected chi connectivity index (χ4v) is 7.23. The van der Waals surface area contributed by atoms with Crippen LogP contribution in [-0.2, 0) is 10.5 Å². The Balaban J connectivity index is 1.55. The maximum Gasteiger partial charge on any atom is 0.296 e. The summed E-state index contributed by atoms with van der Waals surface area (Å²) in [6.45, 7) is 3.53. The van der Waals surface area contributed by atoms with E-state index in [0.29, 0.717) is 42.0 Å². The molecule has 0 saturated heterocycles. The summed E-state index contributed by atoms with van der Waals surface area (Å²) in [7, 11) is 1.51. The van der Waals surface area contributed by atoms with Gasteiger partial charge in [-0.25, -0.2) is 4.98 Å². The van der Waals surface area contributed by atoms with Crippen molar-refractivity contribution in [1.82, 2.24) is 15.2 Å².